The second-order valence-corrected chi connectivity index (χ2v) is 5.34. The molecule has 5 nitrogen and oxygen atoms in total. The van der Waals surface area contributed by atoms with Gasteiger partial charge in [-0.25, -0.2) is 0 Å². The zero-order valence-electron chi connectivity index (χ0n) is 12.3. The van der Waals surface area contributed by atoms with E-state index in [1.165, 1.54) is 7.11 Å². The summed E-state index contributed by atoms with van der Waals surface area (Å²) in [7, 11) is 1.52. The van der Waals surface area contributed by atoms with Gasteiger partial charge in [-0.3, -0.25) is 4.79 Å². The van der Waals surface area contributed by atoms with E-state index in [-0.39, 0.29) is 12.5 Å². The summed E-state index contributed by atoms with van der Waals surface area (Å²) < 4.78 is 10.3. The van der Waals surface area contributed by atoms with Gasteiger partial charge in [-0.05, 0) is 38.5 Å². The maximum absolute atomic E-state index is 11.5. The molecule has 0 saturated carbocycles. The Labute approximate surface area is 119 Å². The second kappa shape index (κ2) is 6.92. The predicted octanol–water partition coefficient (Wildman–Crippen LogP) is 2.00. The van der Waals surface area contributed by atoms with Gasteiger partial charge < -0.3 is 14.8 Å². The van der Waals surface area contributed by atoms with Gasteiger partial charge in [0.05, 0.1) is 19.2 Å². The lowest BCUT2D eigenvalue weighted by atomic mass is 10.1. The maximum Gasteiger partial charge on any atom is 0.320 e. The van der Waals surface area contributed by atoms with Gasteiger partial charge in [0.1, 0.15) is 17.4 Å². The largest absolute Gasteiger partial charge is 0.495 e. The smallest absolute Gasteiger partial charge is 0.320 e. The van der Waals surface area contributed by atoms with E-state index in [4.69, 9.17) is 14.7 Å². The molecule has 0 spiro atoms. The molecule has 0 aliphatic heterocycles. The Kier molecular flexibility index (Phi) is 5.53. The number of nitrogens with one attached hydrogen (secondary N) is 1. The highest BCUT2D eigenvalue weighted by molar-refractivity contribution is 5.72. The van der Waals surface area contributed by atoms with Gasteiger partial charge in [-0.15, -0.1) is 0 Å². The molecule has 0 bridgehead atoms. The van der Waals surface area contributed by atoms with Crippen LogP contribution < -0.4 is 10.1 Å². The molecule has 0 aromatic heterocycles. The van der Waals surface area contributed by atoms with Crippen LogP contribution in [-0.4, -0.2) is 25.2 Å². The number of ether oxygens (including phenoxy) is 2. The van der Waals surface area contributed by atoms with Crippen molar-refractivity contribution < 1.29 is 14.3 Å². The molecular formula is C15H20N2O3. The van der Waals surface area contributed by atoms with Crippen LogP contribution in [-0.2, 0) is 16.1 Å². The van der Waals surface area contributed by atoms with Crippen LogP contribution >= 0.6 is 0 Å². The molecule has 0 aliphatic carbocycles. The van der Waals surface area contributed by atoms with E-state index in [1.807, 2.05) is 26.8 Å². The first kappa shape index (κ1) is 16.0. The number of carbonyl (C=O) groups excluding carboxylic acids is 1. The zero-order valence-corrected chi connectivity index (χ0v) is 12.3. The minimum absolute atomic E-state index is 0.130. The summed E-state index contributed by atoms with van der Waals surface area (Å²) in [6, 6.07) is 7.40. The predicted molar refractivity (Wildman–Crippen MR) is 75.3 cm³/mol. The summed E-state index contributed by atoms with van der Waals surface area (Å²) in [5, 5.41) is 12.0. The van der Waals surface area contributed by atoms with Crippen LogP contribution in [0.15, 0.2) is 18.2 Å². The fraction of sp³-hybridized carbons (Fsp3) is 0.467. The number of methoxy groups -OCH3 is 1. The van der Waals surface area contributed by atoms with E-state index < -0.39 is 5.60 Å². The normalized spacial score (nSPS) is 10.8. The second-order valence-electron chi connectivity index (χ2n) is 5.34. The van der Waals surface area contributed by atoms with Crippen LogP contribution in [0, 0.1) is 11.3 Å². The number of nitriles is 1. The first-order valence-corrected chi connectivity index (χ1v) is 6.35. The molecule has 0 radical (unpaired) electrons. The monoisotopic (exact) mass is 276 g/mol. The van der Waals surface area contributed by atoms with Crippen LogP contribution in [0.4, 0.5) is 0 Å². The quantitative estimate of drug-likeness (QED) is 0.833. The highest BCUT2D eigenvalue weighted by atomic mass is 16.6. The molecule has 0 fully saturated rings. The van der Waals surface area contributed by atoms with Crippen molar-refractivity contribution in [2.24, 2.45) is 0 Å². The first-order chi connectivity index (χ1) is 9.35. The van der Waals surface area contributed by atoms with Crippen molar-refractivity contribution in [2.45, 2.75) is 32.9 Å². The summed E-state index contributed by atoms with van der Waals surface area (Å²) in [5.74, 6) is 0.245. The van der Waals surface area contributed by atoms with E-state index in [0.29, 0.717) is 17.9 Å². The number of rotatable bonds is 5. The van der Waals surface area contributed by atoms with Crippen LogP contribution in [0.25, 0.3) is 0 Å². The van der Waals surface area contributed by atoms with E-state index in [9.17, 15) is 4.79 Å². The molecule has 0 amide bonds. The van der Waals surface area contributed by atoms with Gasteiger partial charge in [0.2, 0.25) is 0 Å². The Hall–Kier alpha value is -2.06. The Morgan fingerprint density at radius 1 is 1.40 bits per heavy atom. The van der Waals surface area contributed by atoms with Crippen molar-refractivity contribution in [1.29, 1.82) is 5.26 Å². The third kappa shape index (κ3) is 5.29. The summed E-state index contributed by atoms with van der Waals surface area (Å²) in [5.41, 5.74) is 0.905. The molecule has 5 heteroatoms. The number of benzene rings is 1. The molecule has 1 rings (SSSR count). The standard InChI is InChI=1S/C15H20N2O3/c1-15(2,3)20-14(18)10-17-9-11-5-6-13(19-4)12(7-11)8-16/h5-7,17H,9-10H2,1-4H3. The lowest BCUT2D eigenvalue weighted by Gasteiger charge is -2.19. The Balaban J connectivity index is 2.51. The number of carbonyl (C=O) groups is 1. The summed E-state index contributed by atoms with van der Waals surface area (Å²) in [6.45, 7) is 6.10. The van der Waals surface area contributed by atoms with Crippen molar-refractivity contribution >= 4 is 5.97 Å². The van der Waals surface area contributed by atoms with E-state index in [1.54, 1.807) is 12.1 Å². The van der Waals surface area contributed by atoms with Crippen molar-refractivity contribution in [3.05, 3.63) is 29.3 Å². The van der Waals surface area contributed by atoms with E-state index >= 15 is 0 Å². The van der Waals surface area contributed by atoms with Gasteiger partial charge in [0.15, 0.2) is 0 Å². The molecule has 108 valence electrons. The van der Waals surface area contributed by atoms with Crippen molar-refractivity contribution in [3.8, 4) is 11.8 Å². The topological polar surface area (TPSA) is 71.3 Å². The zero-order chi connectivity index (χ0) is 15.2. The number of esters is 1. The molecule has 0 aliphatic rings. The SMILES string of the molecule is COc1ccc(CNCC(=O)OC(C)(C)C)cc1C#N. The number of hydrogen-bond donors (Lipinski definition) is 1. The van der Waals surface area contributed by atoms with Crippen molar-refractivity contribution in [3.63, 3.8) is 0 Å². The van der Waals surface area contributed by atoms with Gasteiger partial charge >= 0.3 is 5.97 Å². The molecule has 20 heavy (non-hydrogen) atoms. The summed E-state index contributed by atoms with van der Waals surface area (Å²) in [6.07, 6.45) is 0. The third-order valence-electron chi connectivity index (χ3n) is 2.40. The maximum atomic E-state index is 11.5. The molecule has 0 saturated heterocycles. The highest BCUT2D eigenvalue weighted by Crippen LogP contribution is 2.18. The average Bonchev–Trinajstić information content (AvgIpc) is 2.36. The van der Waals surface area contributed by atoms with E-state index in [0.717, 1.165) is 5.56 Å². The third-order valence-corrected chi connectivity index (χ3v) is 2.40. The number of nitrogens with zero attached hydrogens (tertiary/aromatic N) is 1. The summed E-state index contributed by atoms with van der Waals surface area (Å²) >= 11 is 0. The molecule has 1 aromatic rings. The lowest BCUT2D eigenvalue weighted by Crippen LogP contribution is -2.31. The molecule has 1 aromatic carbocycles. The van der Waals surface area contributed by atoms with Crippen LogP contribution in [0.3, 0.4) is 0 Å². The number of hydrogen-bond acceptors (Lipinski definition) is 5. The van der Waals surface area contributed by atoms with Crippen LogP contribution in [0.1, 0.15) is 31.9 Å². The first-order valence-electron chi connectivity index (χ1n) is 6.35. The fourth-order valence-electron chi connectivity index (χ4n) is 1.64. The van der Waals surface area contributed by atoms with Crippen LogP contribution in [0.5, 0.6) is 5.75 Å². The molecule has 0 unspecified atom stereocenters. The van der Waals surface area contributed by atoms with Crippen LogP contribution in [0.2, 0.25) is 0 Å². The van der Waals surface area contributed by atoms with Gasteiger partial charge in [-0.2, -0.15) is 5.26 Å². The van der Waals surface area contributed by atoms with Gasteiger partial charge in [-0.1, -0.05) is 6.07 Å². The van der Waals surface area contributed by atoms with Gasteiger partial charge in [0.25, 0.3) is 0 Å². The Bertz CT molecular complexity index is 513. The highest BCUT2D eigenvalue weighted by Gasteiger charge is 2.15. The van der Waals surface area contributed by atoms with E-state index in [2.05, 4.69) is 11.4 Å². The Morgan fingerprint density at radius 2 is 2.10 bits per heavy atom. The lowest BCUT2D eigenvalue weighted by molar-refractivity contribution is -0.153. The summed E-state index contributed by atoms with van der Waals surface area (Å²) in [4.78, 5) is 11.5. The van der Waals surface area contributed by atoms with Crippen molar-refractivity contribution in [1.82, 2.24) is 5.32 Å². The minimum Gasteiger partial charge on any atom is -0.495 e. The fourth-order valence-corrected chi connectivity index (χ4v) is 1.64. The average molecular weight is 276 g/mol. The minimum atomic E-state index is -0.479. The molecule has 0 atom stereocenters. The van der Waals surface area contributed by atoms with Crippen molar-refractivity contribution in [2.75, 3.05) is 13.7 Å². The Morgan fingerprint density at radius 3 is 2.65 bits per heavy atom. The molecule has 0 heterocycles. The molecule has 1 N–H and O–H groups in total. The molecular weight excluding hydrogens is 256 g/mol. The van der Waals surface area contributed by atoms with Gasteiger partial charge in [0, 0.05) is 6.54 Å².